The average Bonchev–Trinajstić information content (AvgIpc) is 2.45. The topological polar surface area (TPSA) is 55.9 Å². The van der Waals surface area contributed by atoms with Gasteiger partial charge in [0.2, 0.25) is 0 Å². The number of hydrogen-bond acceptors (Lipinski definition) is 3. The average molecular weight is 154 g/mol. The smallest absolute Gasteiger partial charge is 0.141 e. The maximum Gasteiger partial charge on any atom is 0.141 e. The van der Waals surface area contributed by atoms with Gasteiger partial charge in [-0.05, 0) is 13.3 Å². The van der Waals surface area contributed by atoms with Crippen molar-refractivity contribution in [3.8, 4) is 0 Å². The fourth-order valence-corrected chi connectivity index (χ4v) is 1.09. The minimum atomic E-state index is 0.847. The molecule has 0 aliphatic heterocycles. The van der Waals surface area contributed by atoms with Gasteiger partial charge in [0.1, 0.15) is 5.82 Å². The molecule has 0 atom stereocenters. The third kappa shape index (κ3) is 1.35. The number of hydrogen-bond donors (Lipinski definition) is 2. The van der Waals surface area contributed by atoms with Crippen LogP contribution in [0.15, 0.2) is 6.20 Å². The van der Waals surface area contributed by atoms with Crippen molar-refractivity contribution in [3.05, 3.63) is 11.8 Å². The van der Waals surface area contributed by atoms with Crippen LogP contribution in [0, 0.1) is 0 Å². The van der Waals surface area contributed by atoms with E-state index in [1.165, 1.54) is 0 Å². The van der Waals surface area contributed by atoms with E-state index in [0.717, 1.165) is 24.3 Å². The van der Waals surface area contributed by atoms with Crippen LogP contribution < -0.4 is 11.3 Å². The Morgan fingerprint density at radius 1 is 1.64 bits per heavy atom. The van der Waals surface area contributed by atoms with Gasteiger partial charge in [-0.3, -0.25) is 0 Å². The summed E-state index contributed by atoms with van der Waals surface area (Å²) in [5.74, 6) is 6.26. The zero-order chi connectivity index (χ0) is 8.27. The first-order valence-electron chi connectivity index (χ1n) is 3.84. The largest absolute Gasteiger partial charge is 0.308 e. The van der Waals surface area contributed by atoms with E-state index in [2.05, 4.69) is 17.4 Å². The molecule has 62 valence electrons. The summed E-state index contributed by atoms with van der Waals surface area (Å²) in [6.45, 7) is 4.96. The van der Waals surface area contributed by atoms with Crippen LogP contribution in [0.3, 0.4) is 0 Å². The highest BCUT2D eigenvalue weighted by Gasteiger charge is 2.04. The van der Waals surface area contributed by atoms with Crippen molar-refractivity contribution < 1.29 is 0 Å². The Kier molecular flexibility index (Phi) is 2.48. The molecular weight excluding hydrogens is 140 g/mol. The molecule has 0 spiro atoms. The molecule has 0 unspecified atom stereocenters. The third-order valence-electron chi connectivity index (χ3n) is 1.73. The standard InChI is InChI=1S/C7H14N4/c1-3-6-5-9-11(4-2)7(6)10-8/h5,10H,3-4,8H2,1-2H3. The Hall–Kier alpha value is -1.03. The van der Waals surface area contributed by atoms with Gasteiger partial charge in [-0.1, -0.05) is 6.92 Å². The summed E-state index contributed by atoms with van der Waals surface area (Å²) in [4.78, 5) is 0. The molecule has 3 N–H and O–H groups in total. The van der Waals surface area contributed by atoms with Gasteiger partial charge in [0.05, 0.1) is 6.20 Å². The number of nitrogen functional groups attached to an aromatic ring is 1. The molecule has 0 radical (unpaired) electrons. The Morgan fingerprint density at radius 3 is 2.82 bits per heavy atom. The van der Waals surface area contributed by atoms with Crippen molar-refractivity contribution in [1.82, 2.24) is 9.78 Å². The number of aromatic nitrogens is 2. The molecule has 0 aliphatic carbocycles. The van der Waals surface area contributed by atoms with Crippen molar-refractivity contribution in [1.29, 1.82) is 0 Å². The molecule has 11 heavy (non-hydrogen) atoms. The maximum absolute atomic E-state index is 5.34. The number of hydrazine groups is 1. The maximum atomic E-state index is 5.34. The second-order valence-electron chi connectivity index (χ2n) is 2.33. The van der Waals surface area contributed by atoms with E-state index in [1.807, 2.05) is 17.8 Å². The summed E-state index contributed by atoms with van der Waals surface area (Å²) in [7, 11) is 0. The number of anilines is 1. The number of nitrogens with two attached hydrogens (primary N) is 1. The minimum absolute atomic E-state index is 0.847. The molecule has 1 aromatic rings. The Morgan fingerprint density at radius 2 is 2.36 bits per heavy atom. The van der Waals surface area contributed by atoms with E-state index >= 15 is 0 Å². The van der Waals surface area contributed by atoms with Crippen molar-refractivity contribution >= 4 is 5.82 Å². The highest BCUT2D eigenvalue weighted by molar-refractivity contribution is 5.42. The van der Waals surface area contributed by atoms with Gasteiger partial charge in [-0.15, -0.1) is 0 Å². The number of aryl methyl sites for hydroxylation is 2. The molecule has 0 aliphatic rings. The van der Waals surface area contributed by atoms with Crippen LogP contribution in [0.2, 0.25) is 0 Å². The van der Waals surface area contributed by atoms with Crippen molar-refractivity contribution in [2.24, 2.45) is 5.84 Å². The predicted octanol–water partition coefficient (Wildman–Crippen LogP) is 0.751. The van der Waals surface area contributed by atoms with Gasteiger partial charge in [-0.25, -0.2) is 10.5 Å². The zero-order valence-corrected chi connectivity index (χ0v) is 6.96. The lowest BCUT2D eigenvalue weighted by atomic mass is 10.2. The second kappa shape index (κ2) is 3.39. The minimum Gasteiger partial charge on any atom is -0.308 e. The van der Waals surface area contributed by atoms with Gasteiger partial charge in [-0.2, -0.15) is 5.10 Å². The van der Waals surface area contributed by atoms with Gasteiger partial charge >= 0.3 is 0 Å². The molecule has 0 saturated heterocycles. The SMILES string of the molecule is CCc1cnn(CC)c1NN. The second-order valence-corrected chi connectivity index (χ2v) is 2.33. The molecule has 0 aromatic carbocycles. The van der Waals surface area contributed by atoms with Gasteiger partial charge < -0.3 is 5.43 Å². The summed E-state index contributed by atoms with van der Waals surface area (Å²) in [5.41, 5.74) is 3.81. The highest BCUT2D eigenvalue weighted by Crippen LogP contribution is 2.13. The Bertz CT molecular complexity index is 207. The predicted molar refractivity (Wildman–Crippen MR) is 45.1 cm³/mol. The van der Waals surface area contributed by atoms with Gasteiger partial charge in [0, 0.05) is 12.1 Å². The van der Waals surface area contributed by atoms with Crippen LogP contribution in [0.25, 0.3) is 0 Å². The van der Waals surface area contributed by atoms with Crippen LogP contribution in [0.4, 0.5) is 5.82 Å². The molecule has 0 amide bonds. The number of nitrogens with zero attached hydrogens (tertiary/aromatic N) is 2. The van der Waals surface area contributed by atoms with Crippen molar-refractivity contribution in [2.45, 2.75) is 26.8 Å². The van der Waals surface area contributed by atoms with Crippen LogP contribution in [-0.2, 0) is 13.0 Å². The van der Waals surface area contributed by atoms with E-state index < -0.39 is 0 Å². The molecule has 0 bridgehead atoms. The van der Waals surface area contributed by atoms with Crippen LogP contribution >= 0.6 is 0 Å². The molecule has 4 nitrogen and oxygen atoms in total. The summed E-state index contributed by atoms with van der Waals surface area (Å²) in [6.07, 6.45) is 2.80. The summed E-state index contributed by atoms with van der Waals surface area (Å²) < 4.78 is 1.85. The summed E-state index contributed by atoms with van der Waals surface area (Å²) >= 11 is 0. The lowest BCUT2D eigenvalue weighted by Crippen LogP contribution is -2.13. The molecule has 4 heteroatoms. The van der Waals surface area contributed by atoms with Gasteiger partial charge in [0.15, 0.2) is 0 Å². The Labute approximate surface area is 66.4 Å². The highest BCUT2D eigenvalue weighted by atomic mass is 15.4. The molecule has 0 fully saturated rings. The quantitative estimate of drug-likeness (QED) is 0.499. The van der Waals surface area contributed by atoms with Crippen LogP contribution in [0.1, 0.15) is 19.4 Å². The zero-order valence-electron chi connectivity index (χ0n) is 6.96. The molecule has 1 rings (SSSR count). The van der Waals surface area contributed by atoms with E-state index in [-0.39, 0.29) is 0 Å². The van der Waals surface area contributed by atoms with Crippen LogP contribution in [-0.4, -0.2) is 9.78 Å². The molecule has 1 aromatic heterocycles. The first-order valence-corrected chi connectivity index (χ1v) is 3.84. The third-order valence-corrected chi connectivity index (χ3v) is 1.73. The summed E-state index contributed by atoms with van der Waals surface area (Å²) in [6, 6.07) is 0. The fourth-order valence-electron chi connectivity index (χ4n) is 1.09. The Balaban J connectivity index is 2.99. The monoisotopic (exact) mass is 154 g/mol. The lowest BCUT2D eigenvalue weighted by Gasteiger charge is -2.04. The van der Waals surface area contributed by atoms with E-state index in [4.69, 9.17) is 5.84 Å². The van der Waals surface area contributed by atoms with E-state index in [9.17, 15) is 0 Å². The lowest BCUT2D eigenvalue weighted by molar-refractivity contribution is 0.665. The van der Waals surface area contributed by atoms with E-state index in [1.54, 1.807) is 0 Å². The van der Waals surface area contributed by atoms with Gasteiger partial charge in [0.25, 0.3) is 0 Å². The van der Waals surface area contributed by atoms with E-state index in [0.29, 0.717) is 0 Å². The van der Waals surface area contributed by atoms with Crippen molar-refractivity contribution in [2.75, 3.05) is 5.43 Å². The molecule has 0 saturated carbocycles. The van der Waals surface area contributed by atoms with Crippen molar-refractivity contribution in [3.63, 3.8) is 0 Å². The number of nitrogens with one attached hydrogen (secondary N) is 1. The fraction of sp³-hybridized carbons (Fsp3) is 0.571. The summed E-state index contributed by atoms with van der Waals surface area (Å²) in [5, 5.41) is 4.15. The number of rotatable bonds is 3. The first kappa shape index (κ1) is 8.07. The first-order chi connectivity index (χ1) is 5.33. The normalized spacial score (nSPS) is 10.1. The molecule has 1 heterocycles. The molecular formula is C7H14N4. The van der Waals surface area contributed by atoms with Crippen LogP contribution in [0.5, 0.6) is 0 Å².